The Hall–Kier alpha value is -1.91. The molecule has 0 saturated heterocycles. The smallest absolute Gasteiger partial charge is 0.325 e. The van der Waals surface area contributed by atoms with E-state index in [1.165, 1.54) is 19.1 Å². The first-order chi connectivity index (χ1) is 8.40. The SMILES string of the molecule is CC(Cc1cccc(F)c1)C(=O)NC(C)C(=O)O. The van der Waals surface area contributed by atoms with Gasteiger partial charge in [0.05, 0.1) is 0 Å². The van der Waals surface area contributed by atoms with Gasteiger partial charge in [0.15, 0.2) is 0 Å². The number of carboxylic acid groups (broad SMARTS) is 1. The molecule has 0 saturated carbocycles. The summed E-state index contributed by atoms with van der Waals surface area (Å²) < 4.78 is 13.0. The van der Waals surface area contributed by atoms with E-state index in [0.29, 0.717) is 12.0 Å². The Balaban J connectivity index is 2.57. The number of hydrogen-bond donors (Lipinski definition) is 2. The summed E-state index contributed by atoms with van der Waals surface area (Å²) >= 11 is 0. The maximum absolute atomic E-state index is 13.0. The Bertz CT molecular complexity index is 448. The molecule has 2 atom stereocenters. The molecule has 1 aromatic carbocycles. The van der Waals surface area contributed by atoms with Gasteiger partial charge < -0.3 is 10.4 Å². The number of carbonyl (C=O) groups excluding carboxylic acids is 1. The minimum Gasteiger partial charge on any atom is -0.480 e. The molecule has 1 aromatic rings. The van der Waals surface area contributed by atoms with Crippen LogP contribution in [0, 0.1) is 11.7 Å². The number of nitrogens with one attached hydrogen (secondary N) is 1. The molecule has 0 aromatic heterocycles. The van der Waals surface area contributed by atoms with Crippen LogP contribution in [0.2, 0.25) is 0 Å². The van der Waals surface area contributed by atoms with Gasteiger partial charge in [0.1, 0.15) is 11.9 Å². The molecule has 98 valence electrons. The van der Waals surface area contributed by atoms with E-state index < -0.39 is 17.9 Å². The molecule has 0 aliphatic heterocycles. The van der Waals surface area contributed by atoms with Gasteiger partial charge in [-0.15, -0.1) is 0 Å². The fraction of sp³-hybridized carbons (Fsp3) is 0.385. The lowest BCUT2D eigenvalue weighted by Gasteiger charge is -2.14. The van der Waals surface area contributed by atoms with E-state index in [-0.39, 0.29) is 11.7 Å². The topological polar surface area (TPSA) is 66.4 Å². The van der Waals surface area contributed by atoms with Crippen LogP contribution >= 0.6 is 0 Å². The van der Waals surface area contributed by atoms with Crippen LogP contribution in [0.3, 0.4) is 0 Å². The van der Waals surface area contributed by atoms with Gasteiger partial charge in [-0.05, 0) is 31.0 Å². The third kappa shape index (κ3) is 4.16. The summed E-state index contributed by atoms with van der Waals surface area (Å²) in [6.07, 6.45) is 0.371. The number of aliphatic carboxylic acids is 1. The molecule has 18 heavy (non-hydrogen) atoms. The molecule has 1 amide bonds. The summed E-state index contributed by atoms with van der Waals surface area (Å²) in [5.41, 5.74) is 0.709. The van der Waals surface area contributed by atoms with Crippen molar-refractivity contribution in [3.05, 3.63) is 35.6 Å². The van der Waals surface area contributed by atoms with Crippen molar-refractivity contribution < 1.29 is 19.1 Å². The molecule has 0 bridgehead atoms. The second-order valence-electron chi connectivity index (χ2n) is 4.30. The lowest BCUT2D eigenvalue weighted by molar-refractivity contribution is -0.141. The molecule has 2 N–H and O–H groups in total. The van der Waals surface area contributed by atoms with Gasteiger partial charge in [-0.25, -0.2) is 4.39 Å². The van der Waals surface area contributed by atoms with Crippen molar-refractivity contribution in [3.8, 4) is 0 Å². The monoisotopic (exact) mass is 253 g/mol. The van der Waals surface area contributed by atoms with Crippen molar-refractivity contribution in [2.45, 2.75) is 26.3 Å². The van der Waals surface area contributed by atoms with E-state index >= 15 is 0 Å². The second kappa shape index (κ2) is 6.14. The normalized spacial score (nSPS) is 13.7. The molecular weight excluding hydrogens is 237 g/mol. The largest absolute Gasteiger partial charge is 0.480 e. The second-order valence-corrected chi connectivity index (χ2v) is 4.30. The van der Waals surface area contributed by atoms with Gasteiger partial charge in [-0.3, -0.25) is 9.59 Å². The van der Waals surface area contributed by atoms with Crippen molar-refractivity contribution in [1.29, 1.82) is 0 Å². The van der Waals surface area contributed by atoms with Gasteiger partial charge in [0.2, 0.25) is 5.91 Å². The van der Waals surface area contributed by atoms with Crippen molar-refractivity contribution >= 4 is 11.9 Å². The molecule has 0 fully saturated rings. The summed E-state index contributed by atoms with van der Waals surface area (Å²) in [4.78, 5) is 22.3. The van der Waals surface area contributed by atoms with Crippen LogP contribution in [0.25, 0.3) is 0 Å². The maximum atomic E-state index is 13.0. The minimum absolute atomic E-state index is 0.348. The van der Waals surface area contributed by atoms with Crippen LogP contribution in [0.5, 0.6) is 0 Å². The quantitative estimate of drug-likeness (QED) is 0.837. The van der Waals surface area contributed by atoms with Crippen molar-refractivity contribution in [1.82, 2.24) is 5.32 Å². The van der Waals surface area contributed by atoms with Crippen LogP contribution in [0.15, 0.2) is 24.3 Å². The van der Waals surface area contributed by atoms with E-state index in [0.717, 1.165) is 0 Å². The first kappa shape index (κ1) is 14.2. The number of benzene rings is 1. The van der Waals surface area contributed by atoms with Crippen LogP contribution in [-0.4, -0.2) is 23.0 Å². The molecule has 2 unspecified atom stereocenters. The predicted octanol–water partition coefficient (Wildman–Crippen LogP) is 1.59. The fourth-order valence-electron chi connectivity index (χ4n) is 1.53. The first-order valence-electron chi connectivity index (χ1n) is 5.67. The van der Waals surface area contributed by atoms with E-state index in [1.807, 2.05) is 0 Å². The summed E-state index contributed by atoms with van der Waals surface area (Å²) in [6.45, 7) is 3.07. The van der Waals surface area contributed by atoms with Crippen molar-refractivity contribution in [3.63, 3.8) is 0 Å². The first-order valence-corrected chi connectivity index (χ1v) is 5.67. The molecular formula is C13H16FNO3. The van der Waals surface area contributed by atoms with E-state index in [1.54, 1.807) is 19.1 Å². The number of carbonyl (C=O) groups is 2. The zero-order valence-electron chi connectivity index (χ0n) is 10.3. The van der Waals surface area contributed by atoms with Gasteiger partial charge in [-0.2, -0.15) is 0 Å². The van der Waals surface area contributed by atoms with Crippen LogP contribution in [-0.2, 0) is 16.0 Å². The molecule has 0 aliphatic rings. The highest BCUT2D eigenvalue weighted by atomic mass is 19.1. The van der Waals surface area contributed by atoms with Crippen molar-refractivity contribution in [2.75, 3.05) is 0 Å². The zero-order chi connectivity index (χ0) is 13.7. The lowest BCUT2D eigenvalue weighted by Crippen LogP contribution is -2.41. The molecule has 0 aliphatic carbocycles. The molecule has 0 heterocycles. The Morgan fingerprint density at radius 3 is 2.61 bits per heavy atom. The summed E-state index contributed by atoms with van der Waals surface area (Å²) in [6, 6.07) is 5.08. The Morgan fingerprint density at radius 1 is 1.39 bits per heavy atom. The van der Waals surface area contributed by atoms with E-state index in [9.17, 15) is 14.0 Å². The maximum Gasteiger partial charge on any atom is 0.325 e. The highest BCUT2D eigenvalue weighted by Crippen LogP contribution is 2.10. The number of amides is 1. The Labute approximate surface area is 105 Å². The minimum atomic E-state index is -1.08. The lowest BCUT2D eigenvalue weighted by atomic mass is 10.00. The summed E-state index contributed by atoms with van der Waals surface area (Å²) in [5.74, 6) is -2.19. The molecule has 0 radical (unpaired) electrons. The van der Waals surface area contributed by atoms with E-state index in [4.69, 9.17) is 5.11 Å². The predicted molar refractivity (Wildman–Crippen MR) is 64.5 cm³/mol. The molecule has 0 spiro atoms. The number of hydrogen-bond acceptors (Lipinski definition) is 2. The Morgan fingerprint density at radius 2 is 2.06 bits per heavy atom. The third-order valence-corrected chi connectivity index (χ3v) is 2.61. The highest BCUT2D eigenvalue weighted by Gasteiger charge is 2.19. The third-order valence-electron chi connectivity index (χ3n) is 2.61. The average Bonchev–Trinajstić information content (AvgIpc) is 2.28. The van der Waals surface area contributed by atoms with Gasteiger partial charge in [-0.1, -0.05) is 19.1 Å². The molecule has 4 nitrogen and oxygen atoms in total. The zero-order valence-corrected chi connectivity index (χ0v) is 10.3. The van der Waals surface area contributed by atoms with Crippen LogP contribution in [0.4, 0.5) is 4.39 Å². The van der Waals surface area contributed by atoms with Gasteiger partial charge >= 0.3 is 5.97 Å². The molecule has 5 heteroatoms. The Kier molecular flexibility index (Phi) is 4.83. The van der Waals surface area contributed by atoms with Gasteiger partial charge in [0.25, 0.3) is 0 Å². The van der Waals surface area contributed by atoms with Crippen LogP contribution < -0.4 is 5.32 Å². The fourth-order valence-corrected chi connectivity index (χ4v) is 1.53. The van der Waals surface area contributed by atoms with Crippen molar-refractivity contribution in [2.24, 2.45) is 5.92 Å². The summed E-state index contributed by atoms with van der Waals surface area (Å²) in [5, 5.41) is 11.1. The summed E-state index contributed by atoms with van der Waals surface area (Å²) in [7, 11) is 0. The number of rotatable bonds is 5. The molecule has 1 rings (SSSR count). The standard InChI is InChI=1S/C13H16FNO3/c1-8(12(16)15-9(2)13(17)18)6-10-4-3-5-11(14)7-10/h3-5,7-9H,6H2,1-2H3,(H,15,16)(H,17,18). The van der Waals surface area contributed by atoms with Crippen LogP contribution in [0.1, 0.15) is 19.4 Å². The highest BCUT2D eigenvalue weighted by molar-refractivity contribution is 5.84. The average molecular weight is 253 g/mol. The van der Waals surface area contributed by atoms with E-state index in [2.05, 4.69) is 5.32 Å². The van der Waals surface area contributed by atoms with Gasteiger partial charge in [0, 0.05) is 5.92 Å². The number of halogens is 1. The number of carboxylic acids is 1.